The lowest BCUT2D eigenvalue weighted by molar-refractivity contribution is 0.122. The normalized spacial score (nSPS) is 14.1. The molecule has 2 aromatic carbocycles. The molecule has 0 saturated carbocycles. The van der Waals surface area contributed by atoms with Crippen molar-refractivity contribution in [2.45, 2.75) is 13.5 Å². The highest BCUT2D eigenvalue weighted by atomic mass is 19.1. The van der Waals surface area contributed by atoms with Gasteiger partial charge in [-0.15, -0.1) is 0 Å². The third-order valence-corrected chi connectivity index (χ3v) is 6.37. The highest BCUT2D eigenvalue weighted by molar-refractivity contribution is 5.87. The number of halogens is 1. The number of benzene rings is 2. The molecule has 0 spiro atoms. The van der Waals surface area contributed by atoms with E-state index in [0.717, 1.165) is 29.9 Å². The maximum absolute atomic E-state index is 15.2. The lowest BCUT2D eigenvalue weighted by atomic mass is 9.97. The minimum Gasteiger partial charge on any atom is -0.383 e. The van der Waals surface area contributed by atoms with E-state index in [1.165, 1.54) is 0 Å². The molecule has 36 heavy (non-hydrogen) atoms. The lowest BCUT2D eigenvalue weighted by Gasteiger charge is -2.31. The molecule has 186 valence electrons. The standard InChI is InChI=1S/C27H29FN6O2/c1-16-30-23-13-18(4-6-20(23)27(35)31-16)22-14-21(25(28)32-26(22)29)17-5-7-24(19(12-17)15-33(2)3)34-8-10-36-11-9-34/h4-7,12-14H,8-11,15H2,1-3H3,(H2,29,32)(H,30,31,35). The molecule has 3 heterocycles. The number of H-pyrrole nitrogens is 1. The topological polar surface area (TPSA) is 100 Å². The lowest BCUT2D eigenvalue weighted by Crippen LogP contribution is -2.37. The second-order valence-electron chi connectivity index (χ2n) is 9.32. The molecule has 1 aliphatic heterocycles. The number of nitrogens with zero attached hydrogens (tertiary/aromatic N) is 4. The number of hydrogen-bond donors (Lipinski definition) is 2. The predicted octanol–water partition coefficient (Wildman–Crippen LogP) is 3.58. The van der Waals surface area contributed by atoms with Crippen molar-refractivity contribution in [3.8, 4) is 22.3 Å². The second kappa shape index (κ2) is 9.67. The third-order valence-electron chi connectivity index (χ3n) is 6.37. The van der Waals surface area contributed by atoms with Crippen LogP contribution >= 0.6 is 0 Å². The van der Waals surface area contributed by atoms with Crippen LogP contribution in [0.25, 0.3) is 33.2 Å². The summed E-state index contributed by atoms with van der Waals surface area (Å²) in [6.07, 6.45) is 0. The summed E-state index contributed by atoms with van der Waals surface area (Å²) in [4.78, 5) is 27.8. The molecule has 0 atom stereocenters. The van der Waals surface area contributed by atoms with Crippen LogP contribution in [-0.2, 0) is 11.3 Å². The fourth-order valence-electron chi connectivity index (χ4n) is 4.69. The van der Waals surface area contributed by atoms with Crippen LogP contribution in [0.4, 0.5) is 15.9 Å². The van der Waals surface area contributed by atoms with Crippen molar-refractivity contribution in [3.05, 3.63) is 70.2 Å². The monoisotopic (exact) mass is 488 g/mol. The first-order chi connectivity index (χ1) is 17.3. The van der Waals surface area contributed by atoms with Crippen molar-refractivity contribution in [1.82, 2.24) is 19.9 Å². The Morgan fingerprint density at radius 2 is 1.78 bits per heavy atom. The number of aryl methyl sites for hydroxylation is 1. The molecule has 1 saturated heterocycles. The molecule has 5 rings (SSSR count). The summed E-state index contributed by atoms with van der Waals surface area (Å²) < 4.78 is 20.7. The van der Waals surface area contributed by atoms with Crippen molar-refractivity contribution >= 4 is 22.4 Å². The van der Waals surface area contributed by atoms with Gasteiger partial charge in [-0.2, -0.15) is 4.39 Å². The third kappa shape index (κ3) is 4.67. The molecule has 8 nitrogen and oxygen atoms in total. The number of anilines is 2. The largest absolute Gasteiger partial charge is 0.383 e. The molecule has 1 aliphatic rings. The predicted molar refractivity (Wildman–Crippen MR) is 141 cm³/mol. The van der Waals surface area contributed by atoms with E-state index >= 15 is 4.39 Å². The Bertz CT molecular complexity index is 1490. The van der Waals surface area contributed by atoms with Crippen molar-refractivity contribution in [1.29, 1.82) is 0 Å². The summed E-state index contributed by atoms with van der Waals surface area (Å²) >= 11 is 0. The first-order valence-electron chi connectivity index (χ1n) is 11.9. The SMILES string of the molecule is Cc1nc2cc(-c3cc(-c4ccc(N5CCOCC5)c(CN(C)C)c4)c(F)nc3N)ccc2c(=O)[nH]1. The number of rotatable bonds is 5. The van der Waals surface area contributed by atoms with Crippen LogP contribution in [0.5, 0.6) is 0 Å². The molecule has 1 fully saturated rings. The van der Waals surface area contributed by atoms with Gasteiger partial charge in [0.15, 0.2) is 0 Å². The maximum Gasteiger partial charge on any atom is 0.258 e. The molecule has 0 radical (unpaired) electrons. The van der Waals surface area contributed by atoms with Crippen LogP contribution in [0.2, 0.25) is 0 Å². The minimum absolute atomic E-state index is 0.0793. The molecular formula is C27H29FN6O2. The summed E-state index contributed by atoms with van der Waals surface area (Å²) in [5, 5.41) is 0.477. The van der Waals surface area contributed by atoms with Gasteiger partial charge in [-0.25, -0.2) is 9.97 Å². The maximum atomic E-state index is 15.2. The Balaban J connectivity index is 1.60. The van der Waals surface area contributed by atoms with Crippen LogP contribution in [-0.4, -0.2) is 60.3 Å². The zero-order valence-corrected chi connectivity index (χ0v) is 20.6. The van der Waals surface area contributed by atoms with Crippen molar-refractivity contribution in [2.75, 3.05) is 51.0 Å². The van der Waals surface area contributed by atoms with Gasteiger partial charge in [0.2, 0.25) is 5.95 Å². The molecule has 3 N–H and O–H groups in total. The van der Waals surface area contributed by atoms with Crippen LogP contribution < -0.4 is 16.2 Å². The van der Waals surface area contributed by atoms with E-state index in [9.17, 15) is 4.79 Å². The molecule has 0 bridgehead atoms. The molecule has 4 aromatic rings. The van der Waals surface area contributed by atoms with Gasteiger partial charge in [0, 0.05) is 36.4 Å². The van der Waals surface area contributed by atoms with Crippen LogP contribution in [0, 0.1) is 12.9 Å². The van der Waals surface area contributed by atoms with Gasteiger partial charge < -0.3 is 25.3 Å². The van der Waals surface area contributed by atoms with Crippen molar-refractivity contribution < 1.29 is 9.13 Å². The van der Waals surface area contributed by atoms with Gasteiger partial charge in [0.1, 0.15) is 11.6 Å². The zero-order valence-electron chi connectivity index (χ0n) is 20.6. The summed E-state index contributed by atoms with van der Waals surface area (Å²) in [5.41, 5.74) is 11.1. The van der Waals surface area contributed by atoms with Crippen molar-refractivity contribution in [3.63, 3.8) is 0 Å². The van der Waals surface area contributed by atoms with Gasteiger partial charge in [-0.05, 0) is 68.0 Å². The molecule has 9 heteroatoms. The molecule has 0 amide bonds. The smallest absolute Gasteiger partial charge is 0.258 e. The van der Waals surface area contributed by atoms with E-state index in [4.69, 9.17) is 10.5 Å². The highest BCUT2D eigenvalue weighted by Crippen LogP contribution is 2.35. The van der Waals surface area contributed by atoms with E-state index in [2.05, 4.69) is 24.8 Å². The average Bonchev–Trinajstić information content (AvgIpc) is 2.84. The number of nitrogens with one attached hydrogen (secondary N) is 1. The van der Waals surface area contributed by atoms with E-state index in [1.54, 1.807) is 31.2 Å². The summed E-state index contributed by atoms with van der Waals surface area (Å²) in [6.45, 7) is 5.46. The quantitative estimate of drug-likeness (QED) is 0.414. The van der Waals surface area contributed by atoms with E-state index < -0.39 is 5.95 Å². The Kier molecular flexibility index (Phi) is 6.42. The highest BCUT2D eigenvalue weighted by Gasteiger charge is 2.19. The zero-order chi connectivity index (χ0) is 25.4. The Hall–Kier alpha value is -3.82. The van der Waals surface area contributed by atoms with Crippen LogP contribution in [0.15, 0.2) is 47.3 Å². The average molecular weight is 489 g/mol. The number of aromatic nitrogens is 3. The molecule has 0 aliphatic carbocycles. The van der Waals surface area contributed by atoms with Crippen molar-refractivity contribution in [2.24, 2.45) is 0 Å². The molecule has 0 unspecified atom stereocenters. The second-order valence-corrected chi connectivity index (χ2v) is 9.32. The number of ether oxygens (including phenoxy) is 1. The van der Waals surface area contributed by atoms with Gasteiger partial charge in [0.05, 0.1) is 24.1 Å². The van der Waals surface area contributed by atoms with Crippen LogP contribution in [0.1, 0.15) is 11.4 Å². The number of hydrogen-bond acceptors (Lipinski definition) is 7. The van der Waals surface area contributed by atoms with Gasteiger partial charge >= 0.3 is 0 Å². The number of nitrogens with two attached hydrogens (primary N) is 1. The molecular weight excluding hydrogens is 459 g/mol. The summed E-state index contributed by atoms with van der Waals surface area (Å²) in [6, 6.07) is 13.0. The summed E-state index contributed by atoms with van der Waals surface area (Å²) in [7, 11) is 4.03. The first-order valence-corrected chi connectivity index (χ1v) is 11.9. The fourth-order valence-corrected chi connectivity index (χ4v) is 4.69. The minimum atomic E-state index is -0.627. The van der Waals surface area contributed by atoms with E-state index in [1.807, 2.05) is 32.3 Å². The number of pyridine rings is 1. The first kappa shape index (κ1) is 23.9. The Morgan fingerprint density at radius 1 is 1.06 bits per heavy atom. The van der Waals surface area contributed by atoms with Gasteiger partial charge in [0.25, 0.3) is 5.56 Å². The van der Waals surface area contributed by atoms with E-state index in [0.29, 0.717) is 53.2 Å². The van der Waals surface area contributed by atoms with Crippen LogP contribution in [0.3, 0.4) is 0 Å². The van der Waals surface area contributed by atoms with Gasteiger partial charge in [-0.1, -0.05) is 12.1 Å². The number of nitrogen functional groups attached to an aromatic ring is 1. The molecule has 2 aromatic heterocycles. The van der Waals surface area contributed by atoms with Gasteiger partial charge in [-0.3, -0.25) is 4.79 Å². The Morgan fingerprint density at radius 3 is 2.53 bits per heavy atom. The fraction of sp³-hybridized carbons (Fsp3) is 0.296. The summed E-state index contributed by atoms with van der Waals surface area (Å²) in [5.74, 6) is -0.0303. The number of morpholine rings is 1. The Labute approximate surface area is 208 Å². The number of fused-ring (bicyclic) bond motifs is 1. The van der Waals surface area contributed by atoms with E-state index in [-0.39, 0.29) is 11.4 Å². The number of aromatic amines is 1.